The van der Waals surface area contributed by atoms with Crippen molar-refractivity contribution in [1.82, 2.24) is 15.0 Å². The highest BCUT2D eigenvalue weighted by Crippen LogP contribution is 2.30. The Kier molecular flexibility index (Phi) is 5.41. The van der Waals surface area contributed by atoms with Gasteiger partial charge in [0.25, 0.3) is 0 Å². The number of aromatic amines is 1. The predicted octanol–water partition coefficient (Wildman–Crippen LogP) is 5.40. The maximum Gasteiger partial charge on any atom is 0.146 e. The largest absolute Gasteiger partial charge is 0.488 e. The first kappa shape index (κ1) is 19.6. The molecule has 5 aromatic rings. The second-order valence-electron chi connectivity index (χ2n) is 7.54. The van der Waals surface area contributed by atoms with E-state index in [-0.39, 0.29) is 0 Å². The number of fused-ring (bicyclic) bond motifs is 1. The zero-order valence-electron chi connectivity index (χ0n) is 17.5. The van der Waals surface area contributed by atoms with Gasteiger partial charge in [0.1, 0.15) is 18.2 Å². The fourth-order valence-corrected chi connectivity index (χ4v) is 3.67. The summed E-state index contributed by atoms with van der Waals surface area (Å²) in [5.74, 6) is 1.28. The molecule has 3 aromatic heterocycles. The van der Waals surface area contributed by atoms with Crippen molar-refractivity contribution >= 4 is 22.4 Å². The number of nitrogen functional groups attached to an aromatic ring is 1. The number of nitrogens with zero attached hydrogens (tertiary/aromatic N) is 2. The number of H-pyrrole nitrogens is 1. The molecule has 6 heteroatoms. The monoisotopic (exact) mass is 421 g/mol. The number of hydrogen-bond donors (Lipinski definition) is 3. The zero-order chi connectivity index (χ0) is 21.8. The summed E-state index contributed by atoms with van der Waals surface area (Å²) < 4.78 is 6.16. The molecule has 3 heterocycles. The molecule has 158 valence electrons. The van der Waals surface area contributed by atoms with Crippen LogP contribution in [0.25, 0.3) is 22.0 Å². The molecule has 0 saturated carbocycles. The molecule has 0 aliphatic rings. The van der Waals surface area contributed by atoms with Gasteiger partial charge in [-0.3, -0.25) is 4.98 Å². The molecular weight excluding hydrogens is 398 g/mol. The number of rotatable bonds is 7. The van der Waals surface area contributed by atoms with Gasteiger partial charge < -0.3 is 20.8 Å². The van der Waals surface area contributed by atoms with Gasteiger partial charge in [-0.15, -0.1) is 0 Å². The van der Waals surface area contributed by atoms with E-state index in [0.717, 1.165) is 39.2 Å². The molecule has 4 N–H and O–H groups in total. The van der Waals surface area contributed by atoms with Crippen LogP contribution in [-0.2, 0) is 13.2 Å². The van der Waals surface area contributed by atoms with Crippen LogP contribution in [0.1, 0.15) is 11.1 Å². The highest BCUT2D eigenvalue weighted by molar-refractivity contribution is 5.85. The van der Waals surface area contributed by atoms with Crippen LogP contribution in [0.2, 0.25) is 0 Å². The van der Waals surface area contributed by atoms with Crippen LogP contribution >= 0.6 is 0 Å². The summed E-state index contributed by atoms with van der Waals surface area (Å²) in [7, 11) is 0. The van der Waals surface area contributed by atoms with Crippen molar-refractivity contribution in [2.45, 2.75) is 13.2 Å². The van der Waals surface area contributed by atoms with Crippen LogP contribution in [0.3, 0.4) is 0 Å². The predicted molar refractivity (Wildman–Crippen MR) is 128 cm³/mol. The number of hydrogen-bond acceptors (Lipinski definition) is 5. The van der Waals surface area contributed by atoms with Crippen molar-refractivity contribution in [1.29, 1.82) is 0 Å². The fourth-order valence-electron chi connectivity index (χ4n) is 3.67. The SMILES string of the molecule is Nc1ncccc1NCc1cc(-c2ccc3cc[nH]c3c2)ccc1OCc1cccnc1. The van der Waals surface area contributed by atoms with Crippen LogP contribution in [-0.4, -0.2) is 15.0 Å². The van der Waals surface area contributed by atoms with Gasteiger partial charge in [-0.05, 0) is 59.0 Å². The standard InChI is InChI=1S/C26H23N5O/c27-26-23(4-2-11-30-26)31-16-22-13-20(21-6-5-19-9-12-29-24(19)14-21)7-8-25(22)32-17-18-3-1-10-28-15-18/h1-15,29,31H,16-17H2,(H2,27,30). The Bertz CT molecular complexity index is 1350. The molecule has 0 saturated heterocycles. The number of ether oxygens (including phenoxy) is 1. The van der Waals surface area contributed by atoms with E-state index in [1.165, 1.54) is 5.39 Å². The third-order valence-corrected chi connectivity index (χ3v) is 5.37. The summed E-state index contributed by atoms with van der Waals surface area (Å²) >= 11 is 0. The average molecular weight is 422 g/mol. The van der Waals surface area contributed by atoms with E-state index in [9.17, 15) is 0 Å². The molecule has 0 spiro atoms. The van der Waals surface area contributed by atoms with Gasteiger partial charge in [-0.1, -0.05) is 24.3 Å². The number of nitrogens with two attached hydrogens (primary N) is 1. The fraction of sp³-hybridized carbons (Fsp3) is 0.0769. The number of nitrogens with one attached hydrogen (secondary N) is 2. The maximum atomic E-state index is 6.16. The smallest absolute Gasteiger partial charge is 0.146 e. The van der Waals surface area contributed by atoms with Crippen LogP contribution in [0.5, 0.6) is 5.75 Å². The Morgan fingerprint density at radius 1 is 0.938 bits per heavy atom. The normalized spacial score (nSPS) is 10.9. The van der Waals surface area contributed by atoms with Crippen molar-refractivity contribution < 1.29 is 4.74 Å². The van der Waals surface area contributed by atoms with E-state index in [4.69, 9.17) is 10.5 Å². The van der Waals surface area contributed by atoms with E-state index in [1.807, 2.05) is 42.7 Å². The van der Waals surface area contributed by atoms with Crippen molar-refractivity contribution in [3.63, 3.8) is 0 Å². The van der Waals surface area contributed by atoms with Gasteiger partial charge in [-0.25, -0.2) is 4.98 Å². The molecule has 0 amide bonds. The minimum absolute atomic E-state index is 0.448. The Morgan fingerprint density at radius 2 is 1.81 bits per heavy atom. The highest BCUT2D eigenvalue weighted by Gasteiger charge is 2.10. The highest BCUT2D eigenvalue weighted by atomic mass is 16.5. The third-order valence-electron chi connectivity index (χ3n) is 5.37. The number of benzene rings is 2. The number of pyridine rings is 2. The minimum atomic E-state index is 0.448. The summed E-state index contributed by atoms with van der Waals surface area (Å²) in [5, 5.41) is 4.58. The van der Waals surface area contributed by atoms with Gasteiger partial charge in [0, 0.05) is 48.0 Å². The summed E-state index contributed by atoms with van der Waals surface area (Å²) in [6, 6.07) is 22.5. The topological polar surface area (TPSA) is 88.8 Å². The van der Waals surface area contributed by atoms with Crippen molar-refractivity contribution in [2.24, 2.45) is 0 Å². The molecular formula is C26H23N5O. The van der Waals surface area contributed by atoms with Crippen LogP contribution in [0.4, 0.5) is 11.5 Å². The van der Waals surface area contributed by atoms with E-state index < -0.39 is 0 Å². The van der Waals surface area contributed by atoms with Gasteiger partial charge in [0.05, 0.1) is 5.69 Å². The lowest BCUT2D eigenvalue weighted by Gasteiger charge is -2.15. The first-order valence-corrected chi connectivity index (χ1v) is 10.4. The summed E-state index contributed by atoms with van der Waals surface area (Å²) in [6.07, 6.45) is 7.21. The molecule has 2 aromatic carbocycles. The molecule has 6 nitrogen and oxygen atoms in total. The first-order valence-electron chi connectivity index (χ1n) is 10.4. The number of anilines is 2. The molecule has 0 unspecified atom stereocenters. The quantitative estimate of drug-likeness (QED) is 0.327. The van der Waals surface area contributed by atoms with Crippen LogP contribution in [0, 0.1) is 0 Å². The van der Waals surface area contributed by atoms with E-state index in [2.05, 4.69) is 56.7 Å². The van der Waals surface area contributed by atoms with E-state index >= 15 is 0 Å². The lowest BCUT2D eigenvalue weighted by atomic mass is 10.0. The summed E-state index contributed by atoms with van der Waals surface area (Å²) in [6.45, 7) is 1.00. The molecule has 32 heavy (non-hydrogen) atoms. The van der Waals surface area contributed by atoms with E-state index in [1.54, 1.807) is 12.4 Å². The van der Waals surface area contributed by atoms with Gasteiger partial charge in [0.2, 0.25) is 0 Å². The molecule has 0 aliphatic heterocycles. The van der Waals surface area contributed by atoms with E-state index in [0.29, 0.717) is 19.0 Å². The van der Waals surface area contributed by atoms with Gasteiger partial charge >= 0.3 is 0 Å². The third kappa shape index (κ3) is 4.25. The first-order chi connectivity index (χ1) is 15.8. The Hall–Kier alpha value is -4.32. The molecule has 0 fully saturated rings. The molecule has 0 atom stereocenters. The van der Waals surface area contributed by atoms with Crippen LogP contribution in [0.15, 0.2) is 91.5 Å². The minimum Gasteiger partial charge on any atom is -0.488 e. The van der Waals surface area contributed by atoms with Crippen LogP contribution < -0.4 is 15.8 Å². The summed E-state index contributed by atoms with van der Waals surface area (Å²) in [4.78, 5) is 11.6. The average Bonchev–Trinajstić information content (AvgIpc) is 3.31. The summed E-state index contributed by atoms with van der Waals surface area (Å²) in [5.41, 5.74) is 12.2. The van der Waals surface area contributed by atoms with Crippen molar-refractivity contribution in [3.05, 3.63) is 103 Å². The Balaban J connectivity index is 1.45. The van der Waals surface area contributed by atoms with Gasteiger partial charge in [0.15, 0.2) is 0 Å². The van der Waals surface area contributed by atoms with Gasteiger partial charge in [-0.2, -0.15) is 0 Å². The zero-order valence-corrected chi connectivity index (χ0v) is 17.5. The maximum absolute atomic E-state index is 6.16. The molecule has 0 aliphatic carbocycles. The lowest BCUT2D eigenvalue weighted by molar-refractivity contribution is 0.303. The molecule has 0 radical (unpaired) electrons. The van der Waals surface area contributed by atoms with Crippen molar-refractivity contribution in [2.75, 3.05) is 11.1 Å². The molecule has 0 bridgehead atoms. The second-order valence-corrected chi connectivity index (χ2v) is 7.54. The number of aromatic nitrogens is 3. The Morgan fingerprint density at radius 3 is 2.69 bits per heavy atom. The molecule has 5 rings (SSSR count). The Labute approximate surface area is 186 Å². The second kappa shape index (κ2) is 8.81. The lowest BCUT2D eigenvalue weighted by Crippen LogP contribution is -2.06. The van der Waals surface area contributed by atoms with Crippen molar-refractivity contribution in [3.8, 4) is 16.9 Å².